The van der Waals surface area contributed by atoms with E-state index in [0.29, 0.717) is 17.3 Å². The van der Waals surface area contributed by atoms with Gasteiger partial charge in [-0.3, -0.25) is 4.57 Å². The van der Waals surface area contributed by atoms with Crippen LogP contribution in [0.4, 0.5) is 8.78 Å². The first kappa shape index (κ1) is 17.4. The Morgan fingerprint density at radius 1 is 1.16 bits per heavy atom. The summed E-state index contributed by atoms with van der Waals surface area (Å²) in [4.78, 5) is 0. The molecule has 0 aliphatic carbocycles. The Labute approximate surface area is 149 Å². The van der Waals surface area contributed by atoms with Gasteiger partial charge in [0.05, 0.1) is 0 Å². The zero-order valence-corrected chi connectivity index (χ0v) is 14.6. The van der Waals surface area contributed by atoms with Gasteiger partial charge in [-0.2, -0.15) is 0 Å². The average Bonchev–Trinajstić information content (AvgIpc) is 2.99. The predicted octanol–water partition coefficient (Wildman–Crippen LogP) is 5.01. The molecule has 0 N–H and O–H groups in total. The molecular formula is C19H17F2N3S. The predicted molar refractivity (Wildman–Crippen MR) is 96.3 cm³/mol. The third-order valence-corrected chi connectivity index (χ3v) is 4.71. The number of nitrogens with zero attached hydrogens (tertiary/aromatic N) is 3. The molecule has 0 saturated carbocycles. The van der Waals surface area contributed by atoms with Gasteiger partial charge in [0.15, 0.2) is 22.6 Å². The molecule has 0 amide bonds. The van der Waals surface area contributed by atoms with E-state index in [4.69, 9.17) is 0 Å². The van der Waals surface area contributed by atoms with Gasteiger partial charge >= 0.3 is 0 Å². The van der Waals surface area contributed by atoms with Crippen LogP contribution in [-0.4, -0.2) is 14.8 Å². The molecule has 1 aromatic heterocycles. The number of benzene rings is 2. The number of rotatable bonds is 6. The molecule has 0 spiro atoms. The smallest absolute Gasteiger partial charge is 0.192 e. The molecule has 0 atom stereocenters. The van der Waals surface area contributed by atoms with Crippen LogP contribution in [0.25, 0.3) is 11.4 Å². The molecule has 2 aromatic carbocycles. The number of halogens is 2. The standard InChI is InChI=1S/C19H17F2N3S/c1-3-10-24-18(14-7-4-6-13(2)11-14)22-23-19(24)25-12-15-8-5-9-16(20)17(15)21/h3-9,11H,1,10,12H2,2H3. The van der Waals surface area contributed by atoms with E-state index in [2.05, 4.69) is 16.8 Å². The van der Waals surface area contributed by atoms with E-state index in [-0.39, 0.29) is 5.75 Å². The number of aryl methyl sites for hydroxylation is 1. The highest BCUT2D eigenvalue weighted by Crippen LogP contribution is 2.28. The van der Waals surface area contributed by atoms with Crippen LogP contribution >= 0.6 is 11.8 Å². The van der Waals surface area contributed by atoms with Gasteiger partial charge in [0.25, 0.3) is 0 Å². The molecule has 3 rings (SSSR count). The van der Waals surface area contributed by atoms with E-state index >= 15 is 0 Å². The first-order valence-corrected chi connectivity index (χ1v) is 8.75. The second-order valence-electron chi connectivity index (χ2n) is 5.58. The van der Waals surface area contributed by atoms with Crippen molar-refractivity contribution in [2.75, 3.05) is 0 Å². The van der Waals surface area contributed by atoms with Crippen LogP contribution in [0.2, 0.25) is 0 Å². The quantitative estimate of drug-likeness (QED) is 0.459. The van der Waals surface area contributed by atoms with Gasteiger partial charge in [0, 0.05) is 23.4 Å². The summed E-state index contributed by atoms with van der Waals surface area (Å²) in [5.74, 6) is -0.659. The van der Waals surface area contributed by atoms with Crippen LogP contribution in [-0.2, 0) is 12.3 Å². The van der Waals surface area contributed by atoms with Gasteiger partial charge in [-0.1, -0.05) is 53.7 Å². The van der Waals surface area contributed by atoms with Gasteiger partial charge in [-0.25, -0.2) is 8.78 Å². The lowest BCUT2D eigenvalue weighted by molar-refractivity contribution is 0.502. The second kappa shape index (κ2) is 7.61. The summed E-state index contributed by atoms with van der Waals surface area (Å²) < 4.78 is 29.1. The Morgan fingerprint density at radius 2 is 1.96 bits per heavy atom. The third kappa shape index (κ3) is 3.79. The van der Waals surface area contributed by atoms with Crippen LogP contribution in [0.5, 0.6) is 0 Å². The van der Waals surface area contributed by atoms with E-state index in [1.54, 1.807) is 12.1 Å². The fourth-order valence-electron chi connectivity index (χ4n) is 2.49. The summed E-state index contributed by atoms with van der Waals surface area (Å²) in [5, 5.41) is 9.13. The van der Waals surface area contributed by atoms with Crippen molar-refractivity contribution < 1.29 is 8.78 Å². The van der Waals surface area contributed by atoms with Crippen molar-refractivity contribution in [2.24, 2.45) is 0 Å². The van der Waals surface area contributed by atoms with Crippen molar-refractivity contribution in [3.05, 3.63) is 77.9 Å². The van der Waals surface area contributed by atoms with Crippen molar-refractivity contribution >= 4 is 11.8 Å². The maximum Gasteiger partial charge on any atom is 0.192 e. The second-order valence-corrected chi connectivity index (χ2v) is 6.52. The fraction of sp³-hybridized carbons (Fsp3) is 0.158. The van der Waals surface area contributed by atoms with E-state index in [0.717, 1.165) is 23.0 Å². The van der Waals surface area contributed by atoms with Crippen molar-refractivity contribution in [2.45, 2.75) is 24.4 Å². The highest BCUT2D eigenvalue weighted by molar-refractivity contribution is 7.98. The van der Waals surface area contributed by atoms with E-state index in [1.807, 2.05) is 35.8 Å². The van der Waals surface area contributed by atoms with E-state index < -0.39 is 11.6 Å². The van der Waals surface area contributed by atoms with Crippen molar-refractivity contribution in [3.63, 3.8) is 0 Å². The van der Waals surface area contributed by atoms with Gasteiger partial charge in [0.2, 0.25) is 0 Å². The maximum absolute atomic E-state index is 13.8. The Morgan fingerprint density at radius 3 is 2.72 bits per heavy atom. The normalized spacial score (nSPS) is 10.8. The minimum atomic E-state index is -0.842. The number of hydrogen-bond acceptors (Lipinski definition) is 3. The summed E-state index contributed by atoms with van der Waals surface area (Å²) >= 11 is 1.32. The Kier molecular flexibility index (Phi) is 5.28. The van der Waals surface area contributed by atoms with Gasteiger partial charge in [-0.05, 0) is 19.1 Å². The van der Waals surface area contributed by atoms with Crippen LogP contribution in [0.1, 0.15) is 11.1 Å². The van der Waals surface area contributed by atoms with Crippen molar-refractivity contribution in [3.8, 4) is 11.4 Å². The molecule has 0 radical (unpaired) electrons. The monoisotopic (exact) mass is 357 g/mol. The summed E-state index contributed by atoms with van der Waals surface area (Å²) in [5.41, 5.74) is 2.38. The highest BCUT2D eigenvalue weighted by Gasteiger charge is 2.15. The van der Waals surface area contributed by atoms with Gasteiger partial charge in [-0.15, -0.1) is 16.8 Å². The average molecular weight is 357 g/mol. The molecule has 0 unspecified atom stereocenters. The summed E-state index contributed by atoms with van der Waals surface area (Å²) in [7, 11) is 0. The largest absolute Gasteiger partial charge is 0.298 e. The Balaban J connectivity index is 1.89. The lowest BCUT2D eigenvalue weighted by atomic mass is 10.1. The SMILES string of the molecule is C=CCn1c(SCc2cccc(F)c2F)nnc1-c1cccc(C)c1. The topological polar surface area (TPSA) is 30.7 Å². The number of allylic oxidation sites excluding steroid dienone is 1. The molecular weight excluding hydrogens is 340 g/mol. The maximum atomic E-state index is 13.8. The molecule has 25 heavy (non-hydrogen) atoms. The van der Waals surface area contributed by atoms with Crippen LogP contribution in [0.3, 0.4) is 0 Å². The molecule has 128 valence electrons. The Hall–Kier alpha value is -2.47. The van der Waals surface area contributed by atoms with E-state index in [1.165, 1.54) is 17.8 Å². The summed E-state index contributed by atoms with van der Waals surface area (Å²) in [6, 6.07) is 12.2. The number of hydrogen-bond donors (Lipinski definition) is 0. The van der Waals surface area contributed by atoms with Crippen molar-refractivity contribution in [1.82, 2.24) is 14.8 Å². The lowest BCUT2D eigenvalue weighted by Crippen LogP contribution is -2.01. The van der Waals surface area contributed by atoms with Crippen molar-refractivity contribution in [1.29, 1.82) is 0 Å². The summed E-state index contributed by atoms with van der Waals surface area (Å²) in [6.07, 6.45) is 1.76. The molecule has 0 aliphatic rings. The first-order chi connectivity index (χ1) is 12.1. The molecule has 1 heterocycles. The molecule has 0 bridgehead atoms. The van der Waals surface area contributed by atoms with Crippen LogP contribution in [0, 0.1) is 18.6 Å². The van der Waals surface area contributed by atoms with Crippen LogP contribution < -0.4 is 0 Å². The van der Waals surface area contributed by atoms with Gasteiger partial charge in [0.1, 0.15) is 0 Å². The fourth-order valence-corrected chi connectivity index (χ4v) is 3.41. The van der Waals surface area contributed by atoms with E-state index in [9.17, 15) is 8.78 Å². The third-order valence-electron chi connectivity index (χ3n) is 3.69. The Bertz CT molecular complexity index is 905. The van der Waals surface area contributed by atoms with Crippen LogP contribution in [0.15, 0.2) is 60.3 Å². The first-order valence-electron chi connectivity index (χ1n) is 7.77. The zero-order valence-electron chi connectivity index (χ0n) is 13.7. The molecule has 0 aliphatic heterocycles. The molecule has 0 saturated heterocycles. The number of aromatic nitrogens is 3. The highest BCUT2D eigenvalue weighted by atomic mass is 32.2. The molecule has 3 nitrogen and oxygen atoms in total. The van der Waals surface area contributed by atoms with Gasteiger partial charge < -0.3 is 0 Å². The summed E-state index contributed by atoms with van der Waals surface area (Å²) in [6.45, 7) is 6.32. The molecule has 0 fully saturated rings. The minimum Gasteiger partial charge on any atom is -0.298 e. The molecule has 6 heteroatoms. The zero-order chi connectivity index (χ0) is 17.8. The molecule has 3 aromatic rings. The number of thioether (sulfide) groups is 1. The minimum absolute atomic E-state index is 0.271. The lowest BCUT2D eigenvalue weighted by Gasteiger charge is -2.08.